The van der Waals surface area contributed by atoms with E-state index in [1.54, 1.807) is 7.11 Å². The molecule has 1 aliphatic rings. The van der Waals surface area contributed by atoms with E-state index in [0.29, 0.717) is 12.6 Å². The third kappa shape index (κ3) is 3.92. The minimum absolute atomic E-state index is 0.0536. The SMILES string of the molecule is CCN1CCCC1CN(C)C(C)(CN)CCOC. The van der Waals surface area contributed by atoms with Crippen LogP contribution < -0.4 is 5.73 Å². The Labute approximate surface area is 112 Å². The smallest absolute Gasteiger partial charge is 0.0480 e. The first kappa shape index (κ1) is 15.9. The zero-order valence-electron chi connectivity index (χ0n) is 12.6. The molecule has 0 aromatic rings. The molecule has 4 nitrogen and oxygen atoms in total. The van der Waals surface area contributed by atoms with Crippen LogP contribution in [0.3, 0.4) is 0 Å². The van der Waals surface area contributed by atoms with Gasteiger partial charge in [-0.2, -0.15) is 0 Å². The second-order valence-corrected chi connectivity index (χ2v) is 5.75. The average molecular weight is 257 g/mol. The van der Waals surface area contributed by atoms with Crippen molar-refractivity contribution in [3.63, 3.8) is 0 Å². The predicted octanol–water partition coefficient (Wildman–Crippen LogP) is 1.16. The van der Waals surface area contributed by atoms with E-state index in [-0.39, 0.29) is 5.54 Å². The van der Waals surface area contributed by atoms with Gasteiger partial charge in [0.15, 0.2) is 0 Å². The Kier molecular flexibility index (Phi) is 6.57. The van der Waals surface area contributed by atoms with E-state index in [0.717, 1.165) is 26.1 Å². The topological polar surface area (TPSA) is 41.7 Å². The van der Waals surface area contributed by atoms with Gasteiger partial charge in [-0.15, -0.1) is 0 Å². The van der Waals surface area contributed by atoms with Crippen molar-refractivity contribution in [3.05, 3.63) is 0 Å². The lowest BCUT2D eigenvalue weighted by Gasteiger charge is -2.40. The Balaban J connectivity index is 2.53. The fourth-order valence-corrected chi connectivity index (χ4v) is 2.83. The van der Waals surface area contributed by atoms with Gasteiger partial charge >= 0.3 is 0 Å². The molecule has 108 valence electrons. The Morgan fingerprint density at radius 1 is 1.50 bits per heavy atom. The standard InChI is InChI=1S/C14H31N3O/c1-5-17-9-6-7-13(17)11-16(3)14(2,12-15)8-10-18-4/h13H,5-12,15H2,1-4H3. The molecule has 0 amide bonds. The molecule has 0 aromatic carbocycles. The predicted molar refractivity (Wildman–Crippen MR) is 76.9 cm³/mol. The van der Waals surface area contributed by atoms with E-state index < -0.39 is 0 Å². The van der Waals surface area contributed by atoms with Crippen molar-refractivity contribution < 1.29 is 4.74 Å². The zero-order valence-corrected chi connectivity index (χ0v) is 12.6. The Hall–Kier alpha value is -0.160. The monoisotopic (exact) mass is 257 g/mol. The average Bonchev–Trinajstić information content (AvgIpc) is 2.83. The van der Waals surface area contributed by atoms with E-state index in [1.165, 1.54) is 19.4 Å². The summed E-state index contributed by atoms with van der Waals surface area (Å²) in [5.74, 6) is 0. The molecule has 1 heterocycles. The molecule has 2 atom stereocenters. The van der Waals surface area contributed by atoms with Gasteiger partial charge in [0, 0.05) is 38.4 Å². The van der Waals surface area contributed by atoms with E-state index in [9.17, 15) is 0 Å². The fourth-order valence-electron chi connectivity index (χ4n) is 2.83. The molecule has 0 saturated carbocycles. The van der Waals surface area contributed by atoms with Crippen molar-refractivity contribution >= 4 is 0 Å². The summed E-state index contributed by atoms with van der Waals surface area (Å²) in [4.78, 5) is 5.02. The highest BCUT2D eigenvalue weighted by Gasteiger charge is 2.32. The van der Waals surface area contributed by atoms with Crippen molar-refractivity contribution in [2.45, 2.75) is 44.7 Å². The molecule has 2 unspecified atom stereocenters. The van der Waals surface area contributed by atoms with Crippen molar-refractivity contribution in [2.24, 2.45) is 5.73 Å². The highest BCUT2D eigenvalue weighted by Crippen LogP contribution is 2.22. The lowest BCUT2D eigenvalue weighted by Crippen LogP contribution is -2.54. The first-order chi connectivity index (χ1) is 8.57. The van der Waals surface area contributed by atoms with E-state index in [4.69, 9.17) is 10.5 Å². The molecular weight excluding hydrogens is 226 g/mol. The Morgan fingerprint density at radius 3 is 2.78 bits per heavy atom. The van der Waals surface area contributed by atoms with Crippen LogP contribution in [0.2, 0.25) is 0 Å². The molecule has 1 aliphatic heterocycles. The first-order valence-electron chi connectivity index (χ1n) is 7.21. The van der Waals surface area contributed by atoms with E-state index in [2.05, 4.69) is 30.7 Å². The normalized spacial score (nSPS) is 24.7. The molecule has 18 heavy (non-hydrogen) atoms. The van der Waals surface area contributed by atoms with Gasteiger partial charge in [-0.25, -0.2) is 0 Å². The summed E-state index contributed by atoms with van der Waals surface area (Å²) in [5, 5.41) is 0. The maximum atomic E-state index is 5.98. The van der Waals surface area contributed by atoms with Gasteiger partial charge in [0.05, 0.1) is 0 Å². The first-order valence-corrected chi connectivity index (χ1v) is 7.21. The largest absolute Gasteiger partial charge is 0.385 e. The number of likely N-dealkylation sites (tertiary alicyclic amines) is 1. The Bertz CT molecular complexity index is 237. The summed E-state index contributed by atoms with van der Waals surface area (Å²) in [7, 11) is 3.96. The van der Waals surface area contributed by atoms with Crippen LogP contribution in [-0.4, -0.2) is 68.3 Å². The second kappa shape index (κ2) is 7.43. The van der Waals surface area contributed by atoms with Crippen LogP contribution in [0.25, 0.3) is 0 Å². The molecule has 0 radical (unpaired) electrons. The Morgan fingerprint density at radius 2 is 2.22 bits per heavy atom. The zero-order chi connectivity index (χ0) is 13.6. The van der Waals surface area contributed by atoms with Gasteiger partial charge in [0.2, 0.25) is 0 Å². The molecule has 2 N–H and O–H groups in total. The van der Waals surface area contributed by atoms with E-state index in [1.807, 2.05) is 0 Å². The molecule has 1 fully saturated rings. The van der Waals surface area contributed by atoms with E-state index >= 15 is 0 Å². The minimum atomic E-state index is 0.0536. The number of hydrogen-bond donors (Lipinski definition) is 1. The van der Waals surface area contributed by atoms with Crippen LogP contribution in [0.5, 0.6) is 0 Å². The molecule has 0 spiro atoms. The number of likely N-dealkylation sites (N-methyl/N-ethyl adjacent to an activating group) is 2. The number of nitrogens with zero attached hydrogens (tertiary/aromatic N) is 2. The second-order valence-electron chi connectivity index (χ2n) is 5.75. The van der Waals surface area contributed by atoms with Crippen molar-refractivity contribution in [2.75, 3.05) is 46.9 Å². The molecule has 0 aliphatic carbocycles. The van der Waals surface area contributed by atoms with Gasteiger partial charge < -0.3 is 10.5 Å². The van der Waals surface area contributed by atoms with Crippen LogP contribution in [0.4, 0.5) is 0 Å². The summed E-state index contributed by atoms with van der Waals surface area (Å²) in [6.45, 7) is 9.50. The number of hydrogen-bond acceptors (Lipinski definition) is 4. The summed E-state index contributed by atoms with van der Waals surface area (Å²) >= 11 is 0. The summed E-state index contributed by atoms with van der Waals surface area (Å²) in [5.41, 5.74) is 6.03. The van der Waals surface area contributed by atoms with Crippen LogP contribution in [0.15, 0.2) is 0 Å². The number of rotatable bonds is 8. The summed E-state index contributed by atoms with van der Waals surface area (Å²) in [6, 6.07) is 0.702. The van der Waals surface area contributed by atoms with Crippen LogP contribution in [0, 0.1) is 0 Å². The molecule has 0 bridgehead atoms. The third-order valence-electron chi connectivity index (χ3n) is 4.60. The summed E-state index contributed by atoms with van der Waals surface area (Å²) in [6.07, 6.45) is 3.65. The number of methoxy groups -OCH3 is 1. The molecular formula is C14H31N3O. The van der Waals surface area contributed by atoms with Crippen LogP contribution >= 0.6 is 0 Å². The van der Waals surface area contributed by atoms with Gasteiger partial charge in [-0.1, -0.05) is 6.92 Å². The summed E-state index contributed by atoms with van der Waals surface area (Å²) < 4.78 is 5.21. The minimum Gasteiger partial charge on any atom is -0.385 e. The van der Waals surface area contributed by atoms with Crippen LogP contribution in [0.1, 0.15) is 33.1 Å². The van der Waals surface area contributed by atoms with Gasteiger partial charge in [0.1, 0.15) is 0 Å². The maximum Gasteiger partial charge on any atom is 0.0480 e. The van der Waals surface area contributed by atoms with Crippen molar-refractivity contribution in [1.82, 2.24) is 9.80 Å². The molecule has 0 aromatic heterocycles. The van der Waals surface area contributed by atoms with Gasteiger partial charge in [-0.05, 0) is 46.3 Å². The van der Waals surface area contributed by atoms with Crippen molar-refractivity contribution in [1.29, 1.82) is 0 Å². The molecule has 1 saturated heterocycles. The maximum absolute atomic E-state index is 5.98. The third-order valence-corrected chi connectivity index (χ3v) is 4.60. The number of nitrogens with two attached hydrogens (primary N) is 1. The molecule has 4 heteroatoms. The van der Waals surface area contributed by atoms with Gasteiger partial charge in [0.25, 0.3) is 0 Å². The fraction of sp³-hybridized carbons (Fsp3) is 1.00. The highest BCUT2D eigenvalue weighted by molar-refractivity contribution is 4.89. The lowest BCUT2D eigenvalue weighted by molar-refractivity contribution is 0.0687. The quantitative estimate of drug-likeness (QED) is 0.708. The highest BCUT2D eigenvalue weighted by atomic mass is 16.5. The molecule has 1 rings (SSSR count). The van der Waals surface area contributed by atoms with Gasteiger partial charge in [-0.3, -0.25) is 9.80 Å². The number of ether oxygens (including phenoxy) is 1. The lowest BCUT2D eigenvalue weighted by atomic mass is 9.95. The van der Waals surface area contributed by atoms with Crippen LogP contribution in [-0.2, 0) is 4.74 Å². The van der Waals surface area contributed by atoms with Crippen molar-refractivity contribution in [3.8, 4) is 0 Å².